The molecule has 2 atom stereocenters. The fourth-order valence-electron chi connectivity index (χ4n) is 5.21. The number of piperazine rings is 1. The Morgan fingerprint density at radius 1 is 1.07 bits per heavy atom. The van der Waals surface area contributed by atoms with Crippen LogP contribution in [0.25, 0.3) is 21.8 Å². The first-order chi connectivity index (χ1) is 19.4. The molecule has 5 aromatic rings. The number of aromatic nitrogens is 6. The molecule has 1 aliphatic rings. The largest absolute Gasteiger partial charge is 0.467 e. The normalized spacial score (nSPS) is 17.2. The standard InChI is InChI=1S/C28H29N9O3/c1-16-13-37(14-17(2)32-16)23-6-5-21(26-22(23)12-29-28(34-26)39-4)27(38)33-19-9-18-15-36(3)35-25(18)24(10-19)40-20-7-8-30-31-11-20/h5-12,15-17,32H,13-14H2,1-4H3,(H,33,38)/t16-,17+. The minimum atomic E-state index is -0.320. The number of carbonyl (C=O) groups excluding carboxylic acids is 1. The van der Waals surface area contributed by atoms with Crippen LogP contribution in [0, 0.1) is 0 Å². The number of nitrogens with one attached hydrogen (secondary N) is 2. The van der Waals surface area contributed by atoms with Crippen molar-refractivity contribution in [2.45, 2.75) is 25.9 Å². The number of hydrogen-bond acceptors (Lipinski definition) is 10. The number of rotatable bonds is 6. The minimum Gasteiger partial charge on any atom is -0.467 e. The van der Waals surface area contributed by atoms with Crippen molar-refractivity contribution in [1.29, 1.82) is 0 Å². The second kappa shape index (κ2) is 10.4. The van der Waals surface area contributed by atoms with E-state index in [-0.39, 0.29) is 11.9 Å². The van der Waals surface area contributed by atoms with E-state index in [2.05, 4.69) is 54.6 Å². The van der Waals surface area contributed by atoms with Crippen LogP contribution in [0.1, 0.15) is 24.2 Å². The lowest BCUT2D eigenvalue weighted by Gasteiger charge is -2.38. The second-order valence-corrected chi connectivity index (χ2v) is 9.97. The van der Waals surface area contributed by atoms with Crippen LogP contribution in [0.5, 0.6) is 17.5 Å². The monoisotopic (exact) mass is 539 g/mol. The molecule has 0 bridgehead atoms. The van der Waals surface area contributed by atoms with Gasteiger partial charge >= 0.3 is 6.01 Å². The fourth-order valence-corrected chi connectivity index (χ4v) is 5.21. The molecule has 0 unspecified atom stereocenters. The lowest BCUT2D eigenvalue weighted by Crippen LogP contribution is -2.54. The maximum Gasteiger partial charge on any atom is 0.316 e. The number of carbonyl (C=O) groups is 1. The molecule has 3 aromatic heterocycles. The predicted molar refractivity (Wildman–Crippen MR) is 151 cm³/mol. The van der Waals surface area contributed by atoms with E-state index in [1.807, 2.05) is 25.4 Å². The van der Waals surface area contributed by atoms with E-state index in [1.54, 1.807) is 35.3 Å². The molecule has 0 radical (unpaired) electrons. The zero-order valence-corrected chi connectivity index (χ0v) is 22.6. The topological polar surface area (TPSA) is 132 Å². The van der Waals surface area contributed by atoms with Crippen LogP contribution < -0.4 is 25.0 Å². The summed E-state index contributed by atoms with van der Waals surface area (Å²) < 4.78 is 13.1. The minimum absolute atomic E-state index is 0.194. The van der Waals surface area contributed by atoms with Crippen molar-refractivity contribution < 1.29 is 14.3 Å². The molecule has 2 aromatic carbocycles. The van der Waals surface area contributed by atoms with Gasteiger partial charge in [-0.2, -0.15) is 20.3 Å². The maximum absolute atomic E-state index is 13.7. The van der Waals surface area contributed by atoms with Gasteiger partial charge in [0.2, 0.25) is 0 Å². The predicted octanol–water partition coefficient (Wildman–Crippen LogP) is 3.55. The molecule has 1 aliphatic heterocycles. The van der Waals surface area contributed by atoms with Gasteiger partial charge in [-0.05, 0) is 32.0 Å². The second-order valence-electron chi connectivity index (χ2n) is 9.97. The number of aryl methyl sites for hydroxylation is 1. The Balaban J connectivity index is 1.37. The SMILES string of the molecule is COc1ncc2c(N3C[C@@H](C)N[C@@H](C)C3)ccc(C(=O)Nc3cc(Oc4ccnnc4)c4nn(C)cc4c3)c2n1. The molecule has 0 saturated carbocycles. The molecule has 6 rings (SSSR count). The number of methoxy groups -OCH3 is 1. The molecular formula is C28H29N9O3. The summed E-state index contributed by atoms with van der Waals surface area (Å²) in [6.07, 6.45) is 6.64. The fraction of sp³-hybridized carbons (Fsp3) is 0.286. The highest BCUT2D eigenvalue weighted by molar-refractivity contribution is 6.14. The molecule has 40 heavy (non-hydrogen) atoms. The Bertz CT molecular complexity index is 1700. The Morgan fingerprint density at radius 2 is 1.90 bits per heavy atom. The summed E-state index contributed by atoms with van der Waals surface area (Å²) in [6.45, 7) is 5.98. The number of ether oxygens (including phenoxy) is 2. The van der Waals surface area contributed by atoms with Crippen LogP contribution in [0.4, 0.5) is 11.4 Å². The summed E-state index contributed by atoms with van der Waals surface area (Å²) >= 11 is 0. The quantitative estimate of drug-likeness (QED) is 0.330. The number of fused-ring (bicyclic) bond motifs is 2. The van der Waals surface area contributed by atoms with Crippen LogP contribution in [0.3, 0.4) is 0 Å². The zero-order valence-electron chi connectivity index (χ0n) is 22.6. The number of amides is 1. The number of benzene rings is 2. The Kier molecular flexibility index (Phi) is 6.60. The first kappa shape index (κ1) is 25.4. The highest BCUT2D eigenvalue weighted by Gasteiger charge is 2.25. The third kappa shape index (κ3) is 4.96. The van der Waals surface area contributed by atoms with E-state index in [0.29, 0.717) is 45.9 Å². The summed E-state index contributed by atoms with van der Waals surface area (Å²) in [5.74, 6) is 0.666. The van der Waals surface area contributed by atoms with Crippen LogP contribution >= 0.6 is 0 Å². The van der Waals surface area contributed by atoms with Gasteiger partial charge in [-0.3, -0.25) is 9.48 Å². The molecule has 12 nitrogen and oxygen atoms in total. The summed E-state index contributed by atoms with van der Waals surface area (Å²) in [7, 11) is 3.34. The molecule has 0 spiro atoms. The van der Waals surface area contributed by atoms with Gasteiger partial charge in [0.25, 0.3) is 5.91 Å². The van der Waals surface area contributed by atoms with E-state index in [9.17, 15) is 4.79 Å². The van der Waals surface area contributed by atoms with Crippen molar-refractivity contribution in [2.75, 3.05) is 30.4 Å². The molecule has 1 fully saturated rings. The van der Waals surface area contributed by atoms with Crippen molar-refractivity contribution in [3.05, 3.63) is 60.7 Å². The number of nitrogens with zero attached hydrogens (tertiary/aromatic N) is 7. The molecule has 1 amide bonds. The van der Waals surface area contributed by atoms with Crippen LogP contribution in [-0.2, 0) is 7.05 Å². The Hall–Kier alpha value is -4.84. The third-order valence-electron chi connectivity index (χ3n) is 6.76. The number of hydrogen-bond donors (Lipinski definition) is 2. The van der Waals surface area contributed by atoms with Gasteiger partial charge in [-0.25, -0.2) is 4.98 Å². The van der Waals surface area contributed by atoms with Gasteiger partial charge in [0.15, 0.2) is 5.75 Å². The van der Waals surface area contributed by atoms with E-state index in [0.717, 1.165) is 29.5 Å². The lowest BCUT2D eigenvalue weighted by atomic mass is 10.0. The average Bonchev–Trinajstić information content (AvgIpc) is 3.32. The van der Waals surface area contributed by atoms with Gasteiger partial charge in [-0.15, -0.1) is 0 Å². The summed E-state index contributed by atoms with van der Waals surface area (Å²) in [4.78, 5) is 25.0. The third-order valence-corrected chi connectivity index (χ3v) is 6.76. The van der Waals surface area contributed by atoms with E-state index in [4.69, 9.17) is 9.47 Å². The molecule has 1 saturated heterocycles. The number of anilines is 2. The van der Waals surface area contributed by atoms with Gasteiger partial charge < -0.3 is 25.0 Å². The van der Waals surface area contributed by atoms with E-state index >= 15 is 0 Å². The van der Waals surface area contributed by atoms with Crippen molar-refractivity contribution in [2.24, 2.45) is 7.05 Å². The zero-order chi connectivity index (χ0) is 27.8. The van der Waals surface area contributed by atoms with Gasteiger partial charge in [0.1, 0.15) is 11.3 Å². The summed E-state index contributed by atoms with van der Waals surface area (Å²) in [6, 6.07) is 9.90. The van der Waals surface area contributed by atoms with Crippen LogP contribution in [0.15, 0.2) is 55.1 Å². The van der Waals surface area contributed by atoms with Crippen molar-refractivity contribution in [3.63, 3.8) is 0 Å². The van der Waals surface area contributed by atoms with Gasteiger partial charge in [-0.1, -0.05) is 0 Å². The molecular weight excluding hydrogens is 510 g/mol. The average molecular weight is 540 g/mol. The summed E-state index contributed by atoms with van der Waals surface area (Å²) in [5, 5.41) is 20.3. The van der Waals surface area contributed by atoms with Gasteiger partial charge in [0.05, 0.1) is 30.6 Å². The maximum atomic E-state index is 13.7. The van der Waals surface area contributed by atoms with Crippen LogP contribution in [-0.4, -0.2) is 68.1 Å². The van der Waals surface area contributed by atoms with Crippen molar-refractivity contribution >= 4 is 39.1 Å². The van der Waals surface area contributed by atoms with Gasteiger partial charge in [0, 0.05) is 78.9 Å². The Morgan fingerprint density at radius 3 is 2.65 bits per heavy atom. The highest BCUT2D eigenvalue weighted by atomic mass is 16.5. The lowest BCUT2D eigenvalue weighted by molar-refractivity contribution is 0.102. The smallest absolute Gasteiger partial charge is 0.316 e. The van der Waals surface area contributed by atoms with Crippen LogP contribution in [0.2, 0.25) is 0 Å². The highest BCUT2D eigenvalue weighted by Crippen LogP contribution is 2.34. The molecule has 0 aliphatic carbocycles. The Labute approximate surface area is 230 Å². The molecule has 12 heteroatoms. The van der Waals surface area contributed by atoms with Crippen molar-refractivity contribution in [3.8, 4) is 17.5 Å². The van der Waals surface area contributed by atoms with E-state index in [1.165, 1.54) is 13.3 Å². The van der Waals surface area contributed by atoms with Crippen molar-refractivity contribution in [1.82, 2.24) is 35.3 Å². The first-order valence-electron chi connectivity index (χ1n) is 13.0. The first-order valence-corrected chi connectivity index (χ1v) is 13.0. The molecule has 2 N–H and O–H groups in total. The summed E-state index contributed by atoms with van der Waals surface area (Å²) in [5.41, 5.74) is 3.10. The van der Waals surface area contributed by atoms with E-state index < -0.39 is 0 Å². The molecule has 204 valence electrons. The molecule has 4 heterocycles.